The van der Waals surface area contributed by atoms with E-state index >= 15 is 0 Å². The molecule has 1 heterocycles. The molecule has 0 amide bonds. The van der Waals surface area contributed by atoms with Gasteiger partial charge in [0.2, 0.25) is 0 Å². The summed E-state index contributed by atoms with van der Waals surface area (Å²) < 4.78 is 0. The highest BCUT2D eigenvalue weighted by molar-refractivity contribution is 5.89. The van der Waals surface area contributed by atoms with Gasteiger partial charge in [-0.25, -0.2) is 4.79 Å². The monoisotopic (exact) mass is 239 g/mol. The molecule has 0 saturated heterocycles. The number of aromatic nitrogens is 1. The van der Waals surface area contributed by atoms with Gasteiger partial charge >= 0.3 is 5.97 Å². The molecule has 90 valence electrons. The van der Waals surface area contributed by atoms with E-state index in [0.29, 0.717) is 0 Å². The Hall–Kier alpha value is -2.42. The smallest absolute Gasteiger partial charge is 0.328 e. The summed E-state index contributed by atoms with van der Waals surface area (Å²) in [7, 11) is 0. The van der Waals surface area contributed by atoms with E-state index in [4.69, 9.17) is 5.11 Å². The van der Waals surface area contributed by atoms with E-state index in [9.17, 15) is 4.79 Å². The predicted octanol–water partition coefficient (Wildman–Crippen LogP) is 3.24. The van der Waals surface area contributed by atoms with Crippen molar-refractivity contribution in [2.45, 2.75) is 6.92 Å². The zero-order valence-electron chi connectivity index (χ0n) is 10.00. The Kier molecular flexibility index (Phi) is 3.53. The molecule has 18 heavy (non-hydrogen) atoms. The van der Waals surface area contributed by atoms with E-state index in [-0.39, 0.29) is 0 Å². The molecule has 2 rings (SSSR count). The highest BCUT2D eigenvalue weighted by atomic mass is 16.4. The summed E-state index contributed by atoms with van der Waals surface area (Å²) in [5.74, 6) is -0.929. The van der Waals surface area contributed by atoms with Gasteiger partial charge in [0, 0.05) is 17.8 Å². The number of aliphatic carboxylic acids is 1. The lowest BCUT2D eigenvalue weighted by Crippen LogP contribution is -1.90. The minimum atomic E-state index is -0.929. The lowest BCUT2D eigenvalue weighted by atomic mass is 10.0. The van der Waals surface area contributed by atoms with E-state index < -0.39 is 5.97 Å². The van der Waals surface area contributed by atoms with Crippen molar-refractivity contribution in [3.63, 3.8) is 0 Å². The van der Waals surface area contributed by atoms with Crippen LogP contribution in [-0.2, 0) is 4.79 Å². The van der Waals surface area contributed by atoms with Gasteiger partial charge in [-0.3, -0.25) is 4.98 Å². The maximum Gasteiger partial charge on any atom is 0.328 e. The molecule has 1 aromatic heterocycles. The second kappa shape index (κ2) is 5.27. The fourth-order valence-electron chi connectivity index (χ4n) is 1.71. The summed E-state index contributed by atoms with van der Waals surface area (Å²) in [5.41, 5.74) is 3.55. The second-order valence-corrected chi connectivity index (χ2v) is 3.96. The van der Waals surface area contributed by atoms with E-state index in [1.807, 2.05) is 42.5 Å². The number of hydrogen-bond acceptors (Lipinski definition) is 2. The van der Waals surface area contributed by atoms with Crippen molar-refractivity contribution in [3.8, 4) is 11.3 Å². The molecule has 1 N–H and O–H groups in total. The van der Waals surface area contributed by atoms with Crippen LogP contribution in [0.2, 0.25) is 0 Å². The van der Waals surface area contributed by atoms with Crippen molar-refractivity contribution >= 4 is 11.5 Å². The standard InChI is InChI=1S/C15H13NO2/c1-11(10-15(17)18)12-5-7-13(8-6-12)14-4-2-3-9-16-14/h2-10H,1H3,(H,17,18)/b11-10+. The number of pyridine rings is 1. The van der Waals surface area contributed by atoms with Crippen LogP contribution in [0, 0.1) is 0 Å². The van der Waals surface area contributed by atoms with E-state index in [1.165, 1.54) is 6.08 Å². The van der Waals surface area contributed by atoms with Crippen LogP contribution in [0.5, 0.6) is 0 Å². The number of rotatable bonds is 3. The van der Waals surface area contributed by atoms with E-state index in [0.717, 1.165) is 22.4 Å². The van der Waals surface area contributed by atoms with Crippen LogP contribution in [0.1, 0.15) is 12.5 Å². The quantitative estimate of drug-likeness (QED) is 0.836. The fraction of sp³-hybridized carbons (Fsp3) is 0.0667. The lowest BCUT2D eigenvalue weighted by Gasteiger charge is -2.03. The summed E-state index contributed by atoms with van der Waals surface area (Å²) in [5, 5.41) is 8.69. The average Bonchev–Trinajstić information content (AvgIpc) is 2.39. The van der Waals surface area contributed by atoms with Gasteiger partial charge < -0.3 is 5.11 Å². The van der Waals surface area contributed by atoms with E-state index in [2.05, 4.69) is 4.98 Å². The van der Waals surface area contributed by atoms with Gasteiger partial charge in [0.1, 0.15) is 0 Å². The molecule has 0 atom stereocenters. The number of carbonyl (C=O) groups is 1. The Balaban J connectivity index is 2.29. The molecular formula is C15H13NO2. The van der Waals surface area contributed by atoms with Gasteiger partial charge in [-0.15, -0.1) is 0 Å². The Labute approximate surface area is 105 Å². The zero-order chi connectivity index (χ0) is 13.0. The van der Waals surface area contributed by atoms with Gasteiger partial charge in [0.05, 0.1) is 5.69 Å². The molecule has 0 spiro atoms. The lowest BCUT2D eigenvalue weighted by molar-refractivity contribution is -0.131. The summed E-state index contributed by atoms with van der Waals surface area (Å²) in [4.78, 5) is 14.8. The molecule has 1 aromatic carbocycles. The van der Waals surface area contributed by atoms with Crippen LogP contribution in [-0.4, -0.2) is 16.1 Å². The molecule has 0 aliphatic carbocycles. The molecule has 0 fully saturated rings. The highest BCUT2D eigenvalue weighted by Crippen LogP contribution is 2.20. The third kappa shape index (κ3) is 2.83. The molecule has 0 aliphatic heterocycles. The van der Waals surface area contributed by atoms with Gasteiger partial charge in [0.15, 0.2) is 0 Å². The molecule has 3 nitrogen and oxygen atoms in total. The number of hydrogen-bond donors (Lipinski definition) is 1. The van der Waals surface area contributed by atoms with Crippen LogP contribution in [0.4, 0.5) is 0 Å². The minimum absolute atomic E-state index is 0.732. The fourth-order valence-corrected chi connectivity index (χ4v) is 1.71. The summed E-state index contributed by atoms with van der Waals surface area (Å²) in [6, 6.07) is 13.4. The third-order valence-electron chi connectivity index (χ3n) is 2.64. The van der Waals surface area contributed by atoms with Crippen LogP contribution >= 0.6 is 0 Å². The third-order valence-corrected chi connectivity index (χ3v) is 2.64. The number of carboxylic acid groups (broad SMARTS) is 1. The SMILES string of the molecule is C/C(=C\C(=O)O)c1ccc(-c2ccccn2)cc1. The number of allylic oxidation sites excluding steroid dienone is 1. The molecule has 0 bridgehead atoms. The first-order valence-corrected chi connectivity index (χ1v) is 5.60. The first-order valence-electron chi connectivity index (χ1n) is 5.60. The number of benzene rings is 1. The summed E-state index contributed by atoms with van der Waals surface area (Å²) >= 11 is 0. The van der Waals surface area contributed by atoms with Gasteiger partial charge in [-0.1, -0.05) is 30.3 Å². The highest BCUT2D eigenvalue weighted by Gasteiger charge is 2.01. The molecule has 3 heteroatoms. The van der Waals surface area contributed by atoms with Crippen molar-refractivity contribution in [1.29, 1.82) is 0 Å². The molecule has 0 aliphatic rings. The molecule has 0 radical (unpaired) electrons. The Morgan fingerprint density at radius 1 is 1.17 bits per heavy atom. The maximum absolute atomic E-state index is 10.6. The summed E-state index contributed by atoms with van der Waals surface area (Å²) in [6.07, 6.45) is 2.95. The maximum atomic E-state index is 10.6. The second-order valence-electron chi connectivity index (χ2n) is 3.96. The predicted molar refractivity (Wildman–Crippen MR) is 71.0 cm³/mol. The normalized spacial score (nSPS) is 11.3. The Morgan fingerprint density at radius 2 is 1.89 bits per heavy atom. The van der Waals surface area contributed by atoms with Crippen molar-refractivity contribution in [2.24, 2.45) is 0 Å². The largest absolute Gasteiger partial charge is 0.478 e. The average molecular weight is 239 g/mol. The van der Waals surface area contributed by atoms with Crippen LogP contribution in [0.15, 0.2) is 54.7 Å². The van der Waals surface area contributed by atoms with Crippen molar-refractivity contribution < 1.29 is 9.90 Å². The topological polar surface area (TPSA) is 50.2 Å². The molecular weight excluding hydrogens is 226 g/mol. The van der Waals surface area contributed by atoms with Crippen molar-refractivity contribution in [2.75, 3.05) is 0 Å². The Morgan fingerprint density at radius 3 is 2.44 bits per heavy atom. The molecule has 0 saturated carbocycles. The first-order chi connectivity index (χ1) is 8.66. The van der Waals surface area contributed by atoms with Crippen molar-refractivity contribution in [3.05, 3.63) is 60.3 Å². The van der Waals surface area contributed by atoms with Crippen molar-refractivity contribution in [1.82, 2.24) is 4.98 Å². The minimum Gasteiger partial charge on any atom is -0.478 e. The first kappa shape index (κ1) is 12.0. The van der Waals surface area contributed by atoms with Crippen LogP contribution in [0.3, 0.4) is 0 Å². The molecule has 0 unspecified atom stereocenters. The van der Waals surface area contributed by atoms with Crippen LogP contribution in [0.25, 0.3) is 16.8 Å². The summed E-state index contributed by atoms with van der Waals surface area (Å²) in [6.45, 7) is 1.78. The van der Waals surface area contributed by atoms with Gasteiger partial charge in [-0.2, -0.15) is 0 Å². The van der Waals surface area contributed by atoms with E-state index in [1.54, 1.807) is 13.1 Å². The Bertz CT molecular complexity index is 571. The number of nitrogens with zero attached hydrogens (tertiary/aromatic N) is 1. The number of carboxylic acids is 1. The zero-order valence-corrected chi connectivity index (χ0v) is 10.00. The van der Waals surface area contributed by atoms with Gasteiger partial charge in [-0.05, 0) is 30.2 Å². The molecule has 2 aromatic rings. The van der Waals surface area contributed by atoms with Gasteiger partial charge in [0.25, 0.3) is 0 Å². The van der Waals surface area contributed by atoms with Crippen LogP contribution < -0.4 is 0 Å².